The fraction of sp³-hybridized carbons (Fsp3) is 0.300. The van der Waals surface area contributed by atoms with Crippen LogP contribution in [-0.2, 0) is 10.0 Å². The highest BCUT2D eigenvalue weighted by Crippen LogP contribution is 2.34. The van der Waals surface area contributed by atoms with Gasteiger partial charge in [0.25, 0.3) is 11.5 Å². The van der Waals surface area contributed by atoms with Crippen molar-refractivity contribution >= 4 is 38.3 Å². The minimum absolute atomic E-state index is 0.0206. The van der Waals surface area contributed by atoms with Gasteiger partial charge in [-0.25, -0.2) is 18.2 Å². The summed E-state index contributed by atoms with van der Waals surface area (Å²) in [5.74, 6) is -0.467. The van der Waals surface area contributed by atoms with Gasteiger partial charge in [-0.2, -0.15) is 0 Å². The number of carbonyl (C=O) groups is 1. The molecule has 0 spiro atoms. The van der Waals surface area contributed by atoms with Gasteiger partial charge in [0, 0.05) is 23.6 Å². The van der Waals surface area contributed by atoms with Crippen LogP contribution in [0.15, 0.2) is 46.1 Å². The number of benzene rings is 1. The second-order valence-electron chi connectivity index (χ2n) is 7.41. The van der Waals surface area contributed by atoms with E-state index < -0.39 is 27.2 Å². The molecule has 0 radical (unpaired) electrons. The van der Waals surface area contributed by atoms with Gasteiger partial charge in [0.05, 0.1) is 16.7 Å². The first kappa shape index (κ1) is 20.8. The Morgan fingerprint density at radius 1 is 1.19 bits per heavy atom. The zero-order chi connectivity index (χ0) is 22.2. The number of rotatable bonds is 7. The average molecular weight is 443 g/mol. The van der Waals surface area contributed by atoms with Gasteiger partial charge in [-0.15, -0.1) is 0 Å². The molecule has 10 nitrogen and oxygen atoms in total. The summed E-state index contributed by atoms with van der Waals surface area (Å²) in [7, 11) is -3.40. The number of nitrogens with zero attached hydrogens (tertiary/aromatic N) is 2. The molecule has 2 aromatic heterocycles. The number of amides is 1. The van der Waals surface area contributed by atoms with E-state index >= 15 is 0 Å². The predicted octanol–water partition coefficient (Wildman–Crippen LogP) is 1.82. The van der Waals surface area contributed by atoms with E-state index in [4.69, 9.17) is 0 Å². The molecule has 3 N–H and O–H groups in total. The highest BCUT2D eigenvalue weighted by atomic mass is 32.2. The lowest BCUT2D eigenvalue weighted by atomic mass is 10.2. The van der Waals surface area contributed by atoms with Gasteiger partial charge in [-0.1, -0.05) is 6.92 Å². The summed E-state index contributed by atoms with van der Waals surface area (Å²) >= 11 is 0. The van der Waals surface area contributed by atoms with Crippen molar-refractivity contribution in [2.75, 3.05) is 15.8 Å². The minimum Gasteiger partial charge on any atom is -0.322 e. The number of fused-ring (bicyclic) bond motifs is 1. The van der Waals surface area contributed by atoms with Gasteiger partial charge in [-0.3, -0.25) is 23.9 Å². The SMILES string of the molecule is CCCS(=O)(=O)Nc1ccc(NC(=O)c2cnc3c(c2)c(=O)[nH]c(=O)n3C2CC2)cc1. The van der Waals surface area contributed by atoms with Crippen LogP contribution in [0.1, 0.15) is 42.6 Å². The third-order valence-corrected chi connectivity index (χ3v) is 6.33. The standard InChI is InChI=1S/C20H21N5O5S/c1-2-9-31(29,30)24-14-5-3-13(4-6-14)22-18(26)12-10-16-17(21-11-12)25(15-7-8-15)20(28)23-19(16)27/h3-6,10-11,15,24H,2,7-9H2,1H3,(H,22,26)(H,23,27,28). The van der Waals surface area contributed by atoms with Gasteiger partial charge >= 0.3 is 5.69 Å². The molecule has 0 atom stereocenters. The number of H-pyrrole nitrogens is 1. The Kier molecular flexibility index (Phi) is 5.36. The van der Waals surface area contributed by atoms with Gasteiger partial charge in [0.15, 0.2) is 0 Å². The Morgan fingerprint density at radius 2 is 1.87 bits per heavy atom. The summed E-state index contributed by atoms with van der Waals surface area (Å²) < 4.78 is 27.6. The molecule has 0 unspecified atom stereocenters. The summed E-state index contributed by atoms with van der Waals surface area (Å²) in [6, 6.07) is 7.64. The maximum Gasteiger partial charge on any atom is 0.330 e. The molecule has 2 heterocycles. The van der Waals surface area contributed by atoms with Gasteiger partial charge in [0.2, 0.25) is 10.0 Å². The first-order valence-corrected chi connectivity index (χ1v) is 11.5. The van der Waals surface area contributed by atoms with Crippen molar-refractivity contribution in [2.45, 2.75) is 32.2 Å². The number of nitrogens with one attached hydrogen (secondary N) is 3. The summed E-state index contributed by atoms with van der Waals surface area (Å²) in [5, 5.41) is 2.85. The van der Waals surface area contributed by atoms with Gasteiger partial charge < -0.3 is 5.32 Å². The Labute approximate surface area is 177 Å². The van der Waals surface area contributed by atoms with Crippen LogP contribution in [0.2, 0.25) is 0 Å². The van der Waals surface area contributed by atoms with Crippen LogP contribution in [0.5, 0.6) is 0 Å². The molecule has 1 amide bonds. The zero-order valence-electron chi connectivity index (χ0n) is 16.7. The van der Waals surface area contributed by atoms with Crippen LogP contribution >= 0.6 is 0 Å². The highest BCUT2D eigenvalue weighted by molar-refractivity contribution is 7.92. The van der Waals surface area contributed by atoms with Crippen LogP contribution in [0.4, 0.5) is 11.4 Å². The molecule has 11 heteroatoms. The molecule has 0 aliphatic heterocycles. The molecule has 1 saturated carbocycles. The number of carbonyl (C=O) groups excluding carboxylic acids is 1. The topological polar surface area (TPSA) is 143 Å². The first-order chi connectivity index (χ1) is 14.8. The number of hydrogen-bond donors (Lipinski definition) is 3. The van der Waals surface area contributed by atoms with E-state index in [2.05, 4.69) is 20.0 Å². The molecule has 0 bridgehead atoms. The number of pyridine rings is 1. The molecule has 1 fully saturated rings. The van der Waals surface area contributed by atoms with Crippen molar-refractivity contribution in [3.8, 4) is 0 Å². The lowest BCUT2D eigenvalue weighted by Crippen LogP contribution is -2.30. The second-order valence-corrected chi connectivity index (χ2v) is 9.25. The molecule has 4 rings (SSSR count). The van der Waals surface area contributed by atoms with Crippen molar-refractivity contribution in [1.82, 2.24) is 14.5 Å². The minimum atomic E-state index is -3.40. The van der Waals surface area contributed by atoms with E-state index in [1.165, 1.54) is 16.8 Å². The molecule has 3 aromatic rings. The normalized spacial score (nSPS) is 13.8. The van der Waals surface area contributed by atoms with Crippen LogP contribution in [0.25, 0.3) is 11.0 Å². The highest BCUT2D eigenvalue weighted by Gasteiger charge is 2.27. The zero-order valence-corrected chi connectivity index (χ0v) is 17.5. The summed E-state index contributed by atoms with van der Waals surface area (Å²) in [6.07, 6.45) is 3.51. The summed E-state index contributed by atoms with van der Waals surface area (Å²) in [4.78, 5) is 43.4. The number of anilines is 2. The monoisotopic (exact) mass is 443 g/mol. The molecule has 1 aliphatic carbocycles. The van der Waals surface area contributed by atoms with Gasteiger partial charge in [0.1, 0.15) is 5.65 Å². The van der Waals surface area contributed by atoms with E-state index in [-0.39, 0.29) is 28.4 Å². The van der Waals surface area contributed by atoms with Crippen molar-refractivity contribution in [3.05, 3.63) is 62.9 Å². The Morgan fingerprint density at radius 3 is 2.52 bits per heavy atom. The Balaban J connectivity index is 1.55. The molecule has 1 aromatic carbocycles. The average Bonchev–Trinajstić information content (AvgIpc) is 3.54. The maximum absolute atomic E-state index is 12.6. The maximum atomic E-state index is 12.6. The number of aromatic nitrogens is 3. The molecule has 1 aliphatic rings. The molecule has 162 valence electrons. The Hall–Kier alpha value is -3.47. The second kappa shape index (κ2) is 7.99. The fourth-order valence-electron chi connectivity index (χ4n) is 3.26. The molecular formula is C20H21N5O5S. The fourth-order valence-corrected chi connectivity index (χ4v) is 4.39. The number of sulfonamides is 1. The number of aromatic amines is 1. The van der Waals surface area contributed by atoms with Crippen LogP contribution in [0, 0.1) is 0 Å². The van der Waals surface area contributed by atoms with Crippen LogP contribution in [0.3, 0.4) is 0 Å². The van der Waals surface area contributed by atoms with E-state index in [1.807, 2.05) is 0 Å². The van der Waals surface area contributed by atoms with Crippen molar-refractivity contribution < 1.29 is 13.2 Å². The molecule has 31 heavy (non-hydrogen) atoms. The van der Waals surface area contributed by atoms with Crippen molar-refractivity contribution in [1.29, 1.82) is 0 Å². The quantitative estimate of drug-likeness (QED) is 0.508. The third kappa shape index (κ3) is 4.50. The predicted molar refractivity (Wildman–Crippen MR) is 117 cm³/mol. The van der Waals surface area contributed by atoms with Crippen molar-refractivity contribution in [3.63, 3.8) is 0 Å². The first-order valence-electron chi connectivity index (χ1n) is 9.84. The molecule has 0 saturated heterocycles. The van der Waals surface area contributed by atoms with E-state index in [0.717, 1.165) is 12.8 Å². The van der Waals surface area contributed by atoms with E-state index in [9.17, 15) is 22.8 Å². The lowest BCUT2D eigenvalue weighted by Gasteiger charge is -2.10. The van der Waals surface area contributed by atoms with E-state index in [1.54, 1.807) is 31.2 Å². The van der Waals surface area contributed by atoms with Gasteiger partial charge in [-0.05, 0) is 49.6 Å². The molecular weight excluding hydrogens is 422 g/mol. The Bertz CT molecular complexity index is 1370. The summed E-state index contributed by atoms with van der Waals surface area (Å²) in [6.45, 7) is 1.78. The summed E-state index contributed by atoms with van der Waals surface area (Å²) in [5.41, 5.74) is 0.161. The van der Waals surface area contributed by atoms with E-state index in [0.29, 0.717) is 17.8 Å². The van der Waals surface area contributed by atoms with Crippen LogP contribution < -0.4 is 21.3 Å². The smallest absolute Gasteiger partial charge is 0.322 e. The van der Waals surface area contributed by atoms with Crippen LogP contribution in [-0.4, -0.2) is 34.6 Å². The van der Waals surface area contributed by atoms with Crippen molar-refractivity contribution in [2.24, 2.45) is 0 Å². The number of hydrogen-bond acceptors (Lipinski definition) is 6. The largest absolute Gasteiger partial charge is 0.330 e. The third-order valence-electron chi connectivity index (χ3n) is 4.84. The lowest BCUT2D eigenvalue weighted by molar-refractivity contribution is 0.102.